The Labute approximate surface area is 82.5 Å². The van der Waals surface area contributed by atoms with Crippen molar-refractivity contribution in [2.75, 3.05) is 0 Å². The normalized spacial score (nSPS) is 9.86. The molecule has 0 spiro atoms. The van der Waals surface area contributed by atoms with Crippen molar-refractivity contribution in [2.24, 2.45) is 0 Å². The fourth-order valence-corrected chi connectivity index (χ4v) is 1.04. The molecule has 0 bridgehead atoms. The summed E-state index contributed by atoms with van der Waals surface area (Å²) in [4.78, 5) is 15.1. The van der Waals surface area contributed by atoms with Gasteiger partial charge in [0.15, 0.2) is 5.78 Å². The lowest BCUT2D eigenvalue weighted by atomic mass is 10.1. The lowest BCUT2D eigenvalue weighted by Gasteiger charge is -2.00. The lowest BCUT2D eigenvalue weighted by molar-refractivity contribution is 0.0982. The van der Waals surface area contributed by atoms with E-state index in [0.717, 1.165) is 11.8 Å². The quantitative estimate of drug-likeness (QED) is 0.543. The van der Waals surface area contributed by atoms with E-state index in [0.29, 0.717) is 18.4 Å². The molecule has 0 amide bonds. The summed E-state index contributed by atoms with van der Waals surface area (Å²) in [6.45, 7) is 5.55. The Hall–Kier alpha value is -1.51. The maximum absolute atomic E-state index is 12.7. The van der Waals surface area contributed by atoms with Crippen LogP contribution in [-0.4, -0.2) is 10.8 Å². The van der Waals surface area contributed by atoms with E-state index in [1.54, 1.807) is 0 Å². The fourth-order valence-electron chi connectivity index (χ4n) is 1.04. The molecule has 74 valence electrons. The van der Waals surface area contributed by atoms with Gasteiger partial charge in [-0.3, -0.25) is 9.78 Å². The number of Topliss-reactive ketones (excluding diaryl/α,β-unsaturated/α-hetero) is 1. The number of allylic oxidation sites excluding steroid dienone is 1. The molecule has 0 saturated heterocycles. The molecule has 1 aromatic heterocycles. The summed E-state index contributed by atoms with van der Waals surface area (Å²) in [7, 11) is 0. The molecular weight excluding hydrogens is 181 g/mol. The van der Waals surface area contributed by atoms with Crippen LogP contribution in [0.2, 0.25) is 0 Å². The SMILES string of the molecule is C=C(C)CCC(=O)c1cncc(F)c1. The molecule has 0 saturated carbocycles. The molecule has 0 aliphatic rings. The number of rotatable bonds is 4. The van der Waals surface area contributed by atoms with Gasteiger partial charge in [0.1, 0.15) is 5.82 Å². The Balaban J connectivity index is 2.65. The highest BCUT2D eigenvalue weighted by molar-refractivity contribution is 5.95. The number of carbonyl (C=O) groups is 1. The number of hydrogen-bond acceptors (Lipinski definition) is 2. The van der Waals surface area contributed by atoms with Gasteiger partial charge in [-0.25, -0.2) is 4.39 Å². The number of ketones is 1. The highest BCUT2D eigenvalue weighted by atomic mass is 19.1. The number of aromatic nitrogens is 1. The fraction of sp³-hybridized carbons (Fsp3) is 0.273. The Morgan fingerprint density at radius 2 is 2.21 bits per heavy atom. The largest absolute Gasteiger partial charge is 0.294 e. The summed E-state index contributed by atoms with van der Waals surface area (Å²) in [5, 5.41) is 0. The number of carbonyl (C=O) groups excluding carboxylic acids is 1. The van der Waals surface area contributed by atoms with Crippen molar-refractivity contribution in [3.8, 4) is 0 Å². The summed E-state index contributed by atoms with van der Waals surface area (Å²) in [5.74, 6) is -0.578. The number of pyridine rings is 1. The highest BCUT2D eigenvalue weighted by Gasteiger charge is 2.06. The molecule has 1 rings (SSSR count). The summed E-state index contributed by atoms with van der Waals surface area (Å²) >= 11 is 0. The third kappa shape index (κ3) is 3.09. The third-order valence-corrected chi connectivity index (χ3v) is 1.81. The van der Waals surface area contributed by atoms with Crippen LogP contribution in [0.25, 0.3) is 0 Å². The van der Waals surface area contributed by atoms with Crippen molar-refractivity contribution in [3.63, 3.8) is 0 Å². The molecule has 1 aromatic rings. The molecule has 2 nitrogen and oxygen atoms in total. The maximum atomic E-state index is 12.7. The molecule has 0 N–H and O–H groups in total. The summed E-state index contributed by atoms with van der Waals surface area (Å²) in [6.07, 6.45) is 3.45. The predicted molar refractivity (Wildman–Crippen MR) is 52.6 cm³/mol. The van der Waals surface area contributed by atoms with E-state index in [2.05, 4.69) is 11.6 Å². The molecule has 0 atom stereocenters. The van der Waals surface area contributed by atoms with Crippen LogP contribution in [0.5, 0.6) is 0 Å². The van der Waals surface area contributed by atoms with Crippen LogP contribution in [0.15, 0.2) is 30.6 Å². The molecule has 0 unspecified atom stereocenters. The second-order valence-corrected chi connectivity index (χ2v) is 3.27. The Morgan fingerprint density at radius 1 is 1.50 bits per heavy atom. The molecule has 0 aliphatic heterocycles. The standard InChI is InChI=1S/C11H12FNO/c1-8(2)3-4-11(14)9-5-10(12)7-13-6-9/h5-7H,1,3-4H2,2H3. The van der Waals surface area contributed by atoms with Gasteiger partial charge in [0.2, 0.25) is 0 Å². The van der Waals surface area contributed by atoms with Gasteiger partial charge in [-0.2, -0.15) is 0 Å². The van der Waals surface area contributed by atoms with E-state index in [4.69, 9.17) is 0 Å². The van der Waals surface area contributed by atoms with E-state index in [9.17, 15) is 9.18 Å². The average Bonchev–Trinajstić information content (AvgIpc) is 2.14. The first-order chi connectivity index (χ1) is 6.59. The third-order valence-electron chi connectivity index (χ3n) is 1.81. The minimum absolute atomic E-state index is 0.0972. The van der Waals surface area contributed by atoms with Crippen molar-refractivity contribution in [3.05, 3.63) is 42.0 Å². The highest BCUT2D eigenvalue weighted by Crippen LogP contribution is 2.08. The van der Waals surface area contributed by atoms with Crippen molar-refractivity contribution in [1.82, 2.24) is 4.98 Å². The number of nitrogens with zero attached hydrogens (tertiary/aromatic N) is 1. The van der Waals surface area contributed by atoms with Gasteiger partial charge in [-0.05, 0) is 19.4 Å². The van der Waals surface area contributed by atoms with E-state index in [1.807, 2.05) is 6.92 Å². The topological polar surface area (TPSA) is 30.0 Å². The zero-order valence-corrected chi connectivity index (χ0v) is 8.09. The zero-order valence-electron chi connectivity index (χ0n) is 8.09. The van der Waals surface area contributed by atoms with E-state index >= 15 is 0 Å². The van der Waals surface area contributed by atoms with Gasteiger partial charge >= 0.3 is 0 Å². The van der Waals surface area contributed by atoms with Crippen molar-refractivity contribution in [1.29, 1.82) is 0 Å². The van der Waals surface area contributed by atoms with E-state index in [-0.39, 0.29) is 5.78 Å². The van der Waals surface area contributed by atoms with Crippen LogP contribution in [0.3, 0.4) is 0 Å². The van der Waals surface area contributed by atoms with Gasteiger partial charge in [0, 0.05) is 18.2 Å². The smallest absolute Gasteiger partial charge is 0.164 e. The maximum Gasteiger partial charge on any atom is 0.164 e. The summed E-state index contributed by atoms with van der Waals surface area (Å²) in [6, 6.07) is 1.20. The molecule has 0 fully saturated rings. The summed E-state index contributed by atoms with van der Waals surface area (Å²) < 4.78 is 12.7. The van der Waals surface area contributed by atoms with E-state index in [1.165, 1.54) is 12.3 Å². The molecule has 3 heteroatoms. The zero-order chi connectivity index (χ0) is 10.6. The van der Waals surface area contributed by atoms with E-state index < -0.39 is 5.82 Å². The van der Waals surface area contributed by atoms with Crippen LogP contribution in [-0.2, 0) is 0 Å². The monoisotopic (exact) mass is 193 g/mol. The van der Waals surface area contributed by atoms with Crippen molar-refractivity contribution < 1.29 is 9.18 Å². The van der Waals surface area contributed by atoms with Crippen molar-refractivity contribution in [2.45, 2.75) is 19.8 Å². The molecular formula is C11H12FNO. The van der Waals surface area contributed by atoms with Gasteiger partial charge in [-0.1, -0.05) is 5.57 Å². The van der Waals surface area contributed by atoms with Crippen LogP contribution in [0, 0.1) is 5.82 Å². The number of halogens is 1. The first kappa shape index (κ1) is 10.6. The molecule has 0 radical (unpaired) electrons. The van der Waals surface area contributed by atoms with Crippen LogP contribution >= 0.6 is 0 Å². The molecule has 0 aliphatic carbocycles. The van der Waals surface area contributed by atoms with Gasteiger partial charge in [0.25, 0.3) is 0 Å². The van der Waals surface area contributed by atoms with Gasteiger partial charge in [-0.15, -0.1) is 6.58 Å². The van der Waals surface area contributed by atoms with Crippen molar-refractivity contribution >= 4 is 5.78 Å². The summed E-state index contributed by atoms with van der Waals surface area (Å²) in [5.41, 5.74) is 1.27. The number of hydrogen-bond donors (Lipinski definition) is 0. The molecule has 14 heavy (non-hydrogen) atoms. The van der Waals surface area contributed by atoms with Crippen LogP contribution in [0.1, 0.15) is 30.1 Å². The lowest BCUT2D eigenvalue weighted by Crippen LogP contribution is -2.00. The van der Waals surface area contributed by atoms with Gasteiger partial charge in [0.05, 0.1) is 6.20 Å². The molecule has 0 aromatic carbocycles. The second kappa shape index (κ2) is 4.65. The van der Waals surface area contributed by atoms with Crippen LogP contribution < -0.4 is 0 Å². The van der Waals surface area contributed by atoms with Gasteiger partial charge < -0.3 is 0 Å². The minimum Gasteiger partial charge on any atom is -0.294 e. The molecule has 1 heterocycles. The second-order valence-electron chi connectivity index (χ2n) is 3.27. The van der Waals surface area contributed by atoms with Crippen LogP contribution in [0.4, 0.5) is 4.39 Å². The Kier molecular flexibility index (Phi) is 3.51. The predicted octanol–water partition coefficient (Wildman–Crippen LogP) is 2.76. The first-order valence-electron chi connectivity index (χ1n) is 4.37. The first-order valence-corrected chi connectivity index (χ1v) is 4.37. The average molecular weight is 193 g/mol. The Morgan fingerprint density at radius 3 is 2.79 bits per heavy atom. The minimum atomic E-state index is -0.480. The Bertz CT molecular complexity index is 360.